The number of methoxy groups -OCH3 is 1. The molecule has 1 amide bonds. The number of sulfonamides is 1. The lowest BCUT2D eigenvalue weighted by atomic mass is 9.96. The number of nitrogens with one attached hydrogen (secondary N) is 1. The van der Waals surface area contributed by atoms with E-state index in [0.717, 1.165) is 16.3 Å². The van der Waals surface area contributed by atoms with Crippen molar-refractivity contribution in [3.8, 4) is 16.9 Å². The van der Waals surface area contributed by atoms with E-state index < -0.39 is 15.9 Å². The number of aromatic nitrogens is 1. The summed E-state index contributed by atoms with van der Waals surface area (Å²) in [4.78, 5) is 17.2. The summed E-state index contributed by atoms with van der Waals surface area (Å²) in [6.45, 7) is 1.65. The van der Waals surface area contributed by atoms with Gasteiger partial charge in [-0.05, 0) is 88.5 Å². The van der Waals surface area contributed by atoms with Crippen LogP contribution in [0.15, 0.2) is 108 Å². The molecule has 202 valence electrons. The van der Waals surface area contributed by atoms with Gasteiger partial charge < -0.3 is 4.74 Å². The first kappa shape index (κ1) is 26.9. The topological polar surface area (TPSA) is 109 Å². The van der Waals surface area contributed by atoms with Crippen LogP contribution in [-0.2, 0) is 16.6 Å². The van der Waals surface area contributed by atoms with Gasteiger partial charge in [0.1, 0.15) is 5.75 Å². The Bertz CT molecular complexity index is 1790. The Morgan fingerprint density at radius 3 is 2.35 bits per heavy atom. The van der Waals surface area contributed by atoms with E-state index in [1.165, 1.54) is 23.5 Å². The number of benzene rings is 4. The third-order valence-electron chi connectivity index (χ3n) is 6.68. The first-order chi connectivity index (χ1) is 19.3. The van der Waals surface area contributed by atoms with E-state index in [0.29, 0.717) is 22.4 Å². The molecule has 0 bridgehead atoms. The maximum atomic E-state index is 14.1. The maximum absolute atomic E-state index is 14.1. The highest BCUT2D eigenvalue weighted by Gasteiger charge is 2.31. The molecule has 0 fully saturated rings. The van der Waals surface area contributed by atoms with Crippen LogP contribution in [0, 0.1) is 6.92 Å². The number of aryl methyl sites for hydroxylation is 1. The zero-order valence-electron chi connectivity index (χ0n) is 21.9. The smallest absolute Gasteiger partial charge is 0.276 e. The number of hydrogen-bond donors (Lipinski definition) is 2. The molecule has 5 rings (SSSR count). The number of amides is 1. The van der Waals surface area contributed by atoms with Crippen LogP contribution in [-0.4, -0.2) is 31.6 Å². The Morgan fingerprint density at radius 2 is 1.68 bits per heavy atom. The summed E-state index contributed by atoms with van der Waals surface area (Å²) in [5, 5.41) is 11.8. The lowest BCUT2D eigenvalue weighted by Crippen LogP contribution is -2.34. The Hall–Kier alpha value is -4.73. The standard InChI is InChI=1S/C31H27N3O5S/c1-21-16-26(25-10-9-23-7-3-4-8-24(23)17-25)18-29(31(35)33-36)30(21)34(20-22-6-5-15-32-19-22)40(37,38)28-13-11-27(39-2)12-14-28/h3-19,36H,20H2,1-2H3,(H,33,35). The monoisotopic (exact) mass is 553 g/mol. The number of hydrogen-bond acceptors (Lipinski definition) is 6. The molecule has 0 saturated heterocycles. The summed E-state index contributed by atoms with van der Waals surface area (Å²) >= 11 is 0. The first-order valence-electron chi connectivity index (χ1n) is 12.5. The van der Waals surface area contributed by atoms with Gasteiger partial charge >= 0.3 is 0 Å². The molecule has 9 heteroatoms. The molecule has 8 nitrogen and oxygen atoms in total. The van der Waals surface area contributed by atoms with E-state index in [-0.39, 0.29) is 22.7 Å². The predicted octanol–water partition coefficient (Wildman–Crippen LogP) is 5.73. The fourth-order valence-corrected chi connectivity index (χ4v) is 6.23. The fraction of sp³-hybridized carbons (Fsp3) is 0.0968. The SMILES string of the molecule is COc1ccc(S(=O)(=O)N(Cc2cccnc2)c2c(C)cc(-c3ccc4ccccc4c3)cc2C(=O)NO)cc1. The van der Waals surface area contributed by atoms with Crippen LogP contribution < -0.4 is 14.5 Å². The van der Waals surface area contributed by atoms with Crippen LogP contribution >= 0.6 is 0 Å². The quantitative estimate of drug-likeness (QED) is 0.188. The van der Waals surface area contributed by atoms with Crippen molar-refractivity contribution in [1.82, 2.24) is 10.5 Å². The minimum absolute atomic E-state index is 0.00614. The number of rotatable bonds is 8. The number of hydroxylamine groups is 1. The van der Waals surface area contributed by atoms with Crippen LogP contribution in [0.2, 0.25) is 0 Å². The normalized spacial score (nSPS) is 11.3. The summed E-state index contributed by atoms with van der Waals surface area (Å²) < 4.78 is 34.6. The van der Waals surface area contributed by atoms with Crippen molar-refractivity contribution in [2.45, 2.75) is 18.4 Å². The Kier molecular flexibility index (Phi) is 7.50. The lowest BCUT2D eigenvalue weighted by molar-refractivity contribution is 0.0707. The molecule has 0 aliphatic carbocycles. The summed E-state index contributed by atoms with van der Waals surface area (Å²) in [6.07, 6.45) is 3.17. The molecule has 2 N–H and O–H groups in total. The van der Waals surface area contributed by atoms with Crippen LogP contribution in [0.5, 0.6) is 5.75 Å². The highest BCUT2D eigenvalue weighted by Crippen LogP contribution is 2.37. The minimum atomic E-state index is -4.18. The minimum Gasteiger partial charge on any atom is -0.497 e. The Labute approximate surface area is 232 Å². The van der Waals surface area contributed by atoms with Crippen LogP contribution in [0.25, 0.3) is 21.9 Å². The third kappa shape index (κ3) is 5.25. The highest BCUT2D eigenvalue weighted by atomic mass is 32.2. The van der Waals surface area contributed by atoms with Gasteiger partial charge in [-0.2, -0.15) is 0 Å². The number of carbonyl (C=O) groups is 1. The maximum Gasteiger partial charge on any atom is 0.276 e. The molecule has 0 radical (unpaired) electrons. The molecule has 1 heterocycles. The zero-order chi connectivity index (χ0) is 28.3. The average molecular weight is 554 g/mol. The van der Waals surface area contributed by atoms with Crippen molar-refractivity contribution < 1.29 is 23.2 Å². The summed E-state index contributed by atoms with van der Waals surface area (Å²) in [5.74, 6) is -0.323. The zero-order valence-corrected chi connectivity index (χ0v) is 22.7. The molecule has 5 aromatic rings. The van der Waals surface area contributed by atoms with E-state index in [1.54, 1.807) is 55.1 Å². The third-order valence-corrected chi connectivity index (χ3v) is 8.44. The van der Waals surface area contributed by atoms with Gasteiger partial charge in [-0.3, -0.25) is 19.3 Å². The van der Waals surface area contributed by atoms with Crippen molar-refractivity contribution >= 4 is 32.4 Å². The molecule has 0 aliphatic rings. The van der Waals surface area contributed by atoms with Gasteiger partial charge in [0.2, 0.25) is 0 Å². The van der Waals surface area contributed by atoms with E-state index in [4.69, 9.17) is 4.74 Å². The molecular weight excluding hydrogens is 526 g/mol. The van der Waals surface area contributed by atoms with Gasteiger partial charge in [0.15, 0.2) is 0 Å². The van der Waals surface area contributed by atoms with Gasteiger partial charge in [0, 0.05) is 12.4 Å². The summed E-state index contributed by atoms with van der Waals surface area (Å²) in [7, 11) is -2.68. The van der Waals surface area contributed by atoms with Crippen molar-refractivity contribution in [3.05, 3.63) is 120 Å². The van der Waals surface area contributed by atoms with Gasteiger partial charge in [0.25, 0.3) is 15.9 Å². The Balaban J connectivity index is 1.70. The first-order valence-corrected chi connectivity index (χ1v) is 13.9. The Morgan fingerprint density at radius 1 is 0.925 bits per heavy atom. The largest absolute Gasteiger partial charge is 0.497 e. The molecular formula is C31H27N3O5S. The van der Waals surface area contributed by atoms with Crippen molar-refractivity contribution in [2.75, 3.05) is 11.4 Å². The van der Waals surface area contributed by atoms with Gasteiger partial charge in [-0.1, -0.05) is 42.5 Å². The number of nitrogens with zero attached hydrogens (tertiary/aromatic N) is 2. The average Bonchev–Trinajstić information content (AvgIpc) is 2.99. The number of anilines is 1. The fourth-order valence-electron chi connectivity index (χ4n) is 4.70. The van der Waals surface area contributed by atoms with Crippen LogP contribution in [0.3, 0.4) is 0 Å². The second kappa shape index (κ2) is 11.2. The van der Waals surface area contributed by atoms with Gasteiger partial charge in [-0.15, -0.1) is 0 Å². The predicted molar refractivity (Wildman–Crippen MR) is 154 cm³/mol. The molecule has 0 unspecified atom stereocenters. The van der Waals surface area contributed by atoms with Crippen LogP contribution in [0.1, 0.15) is 21.5 Å². The van der Waals surface area contributed by atoms with E-state index in [9.17, 15) is 18.4 Å². The summed E-state index contributed by atoms with van der Waals surface area (Å²) in [5.41, 5.74) is 4.55. The highest BCUT2D eigenvalue weighted by molar-refractivity contribution is 7.92. The number of pyridine rings is 1. The van der Waals surface area contributed by atoms with Crippen molar-refractivity contribution in [3.63, 3.8) is 0 Å². The molecule has 0 saturated carbocycles. The summed E-state index contributed by atoms with van der Waals surface area (Å²) in [6, 6.07) is 26.8. The number of fused-ring (bicyclic) bond motifs is 1. The van der Waals surface area contributed by atoms with Gasteiger partial charge in [-0.25, -0.2) is 13.9 Å². The molecule has 0 aliphatic heterocycles. The number of ether oxygens (including phenoxy) is 1. The molecule has 0 spiro atoms. The van der Waals surface area contributed by atoms with E-state index >= 15 is 0 Å². The van der Waals surface area contributed by atoms with Gasteiger partial charge in [0.05, 0.1) is 29.8 Å². The van der Waals surface area contributed by atoms with Crippen molar-refractivity contribution in [2.24, 2.45) is 0 Å². The second-order valence-corrected chi connectivity index (χ2v) is 11.1. The number of carbonyl (C=O) groups excluding carboxylic acids is 1. The molecule has 4 aromatic carbocycles. The van der Waals surface area contributed by atoms with E-state index in [2.05, 4.69) is 4.98 Å². The molecule has 40 heavy (non-hydrogen) atoms. The molecule has 0 atom stereocenters. The lowest BCUT2D eigenvalue weighted by Gasteiger charge is -2.28. The molecule has 1 aromatic heterocycles. The second-order valence-electron chi connectivity index (χ2n) is 9.24. The van der Waals surface area contributed by atoms with E-state index in [1.807, 2.05) is 48.5 Å². The van der Waals surface area contributed by atoms with Crippen LogP contribution in [0.4, 0.5) is 5.69 Å². The van der Waals surface area contributed by atoms with Crippen molar-refractivity contribution in [1.29, 1.82) is 0 Å².